The van der Waals surface area contributed by atoms with Gasteiger partial charge in [-0.15, -0.1) is 0 Å². The predicted molar refractivity (Wildman–Crippen MR) is 112 cm³/mol. The molecule has 162 valence electrons. The topological polar surface area (TPSA) is 90.1 Å². The van der Waals surface area contributed by atoms with Gasteiger partial charge in [-0.25, -0.2) is 9.40 Å². The lowest BCUT2D eigenvalue weighted by Gasteiger charge is -2.31. The quantitative estimate of drug-likeness (QED) is 0.648. The molecule has 0 unspecified atom stereocenters. The summed E-state index contributed by atoms with van der Waals surface area (Å²) < 4.78 is 18.8. The van der Waals surface area contributed by atoms with Crippen molar-refractivity contribution in [2.45, 2.75) is 26.9 Å². The van der Waals surface area contributed by atoms with E-state index >= 15 is 0 Å². The van der Waals surface area contributed by atoms with Crippen LogP contribution >= 0.6 is 0 Å². The number of aryl methyl sites for hydroxylation is 2. The van der Waals surface area contributed by atoms with Crippen LogP contribution in [0.25, 0.3) is 11.0 Å². The first kappa shape index (κ1) is 20.8. The van der Waals surface area contributed by atoms with Crippen molar-refractivity contribution < 1.29 is 23.6 Å². The first-order valence-electron chi connectivity index (χ1n) is 9.85. The fraction of sp³-hybridized carbons (Fsp3) is 0.318. The molecule has 0 saturated carbocycles. The fourth-order valence-corrected chi connectivity index (χ4v) is 3.91. The average molecular weight is 426 g/mol. The van der Waals surface area contributed by atoms with Gasteiger partial charge in [0.15, 0.2) is 5.58 Å². The van der Waals surface area contributed by atoms with E-state index in [2.05, 4.69) is 5.16 Å². The Kier molecular flexibility index (Phi) is 5.36. The molecule has 0 bridgehead atoms. The highest BCUT2D eigenvalue weighted by molar-refractivity contribution is 5.89. The van der Waals surface area contributed by atoms with Crippen LogP contribution in [0.4, 0.5) is 10.1 Å². The molecular formula is C22H23FN4O4. The largest absolute Gasteiger partial charge is 0.480 e. The van der Waals surface area contributed by atoms with Gasteiger partial charge in [-0.3, -0.25) is 14.6 Å². The zero-order valence-corrected chi connectivity index (χ0v) is 17.6. The second-order valence-electron chi connectivity index (χ2n) is 7.81. The van der Waals surface area contributed by atoms with Gasteiger partial charge in [0.1, 0.15) is 12.4 Å². The van der Waals surface area contributed by atoms with Crippen molar-refractivity contribution in [3.63, 3.8) is 0 Å². The van der Waals surface area contributed by atoms with Crippen LogP contribution < -0.4 is 4.90 Å². The Morgan fingerprint density at radius 1 is 1.16 bits per heavy atom. The molecule has 0 atom stereocenters. The lowest BCUT2D eigenvalue weighted by Crippen LogP contribution is -2.47. The minimum absolute atomic E-state index is 0.124. The van der Waals surface area contributed by atoms with E-state index in [0.29, 0.717) is 30.1 Å². The van der Waals surface area contributed by atoms with Crippen LogP contribution in [0, 0.1) is 19.7 Å². The van der Waals surface area contributed by atoms with Crippen LogP contribution in [0.5, 0.6) is 0 Å². The molecule has 0 saturated heterocycles. The number of benzene rings is 2. The average Bonchev–Trinajstić information content (AvgIpc) is 3.28. The first-order valence-corrected chi connectivity index (χ1v) is 9.85. The maximum Gasteiger partial charge on any atom is 0.323 e. The number of carbonyl (C=O) groups excluding carboxylic acids is 1. The molecule has 31 heavy (non-hydrogen) atoms. The van der Waals surface area contributed by atoms with Gasteiger partial charge in [-0.1, -0.05) is 11.2 Å². The fourth-order valence-electron chi connectivity index (χ4n) is 3.91. The van der Waals surface area contributed by atoms with Crippen molar-refractivity contribution in [2.24, 2.45) is 0 Å². The van der Waals surface area contributed by atoms with Crippen LogP contribution in [-0.2, 0) is 22.7 Å². The standard InChI is InChI=1S/C22H23FN4O4/c1-13-6-20-18(14(2)24-31-20)8-19(13)26(12-22(29)30)11-21(28)25(3)27-9-15-4-5-17(23)7-16(15)10-27/h4-8H,9-12H2,1-3H3,(H,29,30). The van der Waals surface area contributed by atoms with Crippen LogP contribution in [0.1, 0.15) is 22.4 Å². The second-order valence-corrected chi connectivity index (χ2v) is 7.81. The van der Waals surface area contributed by atoms with Gasteiger partial charge in [0.05, 0.1) is 12.2 Å². The number of hydrogen-bond acceptors (Lipinski definition) is 6. The number of aliphatic carboxylic acids is 1. The number of anilines is 1. The number of carbonyl (C=O) groups is 2. The molecule has 4 rings (SSSR count). The summed E-state index contributed by atoms with van der Waals surface area (Å²) >= 11 is 0. The van der Waals surface area contributed by atoms with Gasteiger partial charge in [0.25, 0.3) is 5.91 Å². The first-order chi connectivity index (χ1) is 14.7. The Bertz CT molecular complexity index is 1180. The highest BCUT2D eigenvalue weighted by Gasteiger charge is 2.27. The summed E-state index contributed by atoms with van der Waals surface area (Å²) in [5.74, 6) is -1.62. The number of hydrogen-bond donors (Lipinski definition) is 1. The van der Waals surface area contributed by atoms with Gasteiger partial charge in [0, 0.05) is 31.2 Å². The zero-order valence-electron chi connectivity index (χ0n) is 17.6. The third-order valence-corrected chi connectivity index (χ3v) is 5.62. The van der Waals surface area contributed by atoms with E-state index in [1.54, 1.807) is 32.2 Å². The minimum Gasteiger partial charge on any atom is -0.480 e. The van der Waals surface area contributed by atoms with Crippen molar-refractivity contribution in [3.8, 4) is 0 Å². The monoisotopic (exact) mass is 426 g/mol. The summed E-state index contributed by atoms with van der Waals surface area (Å²) in [7, 11) is 1.64. The molecule has 2 heterocycles. The van der Waals surface area contributed by atoms with Crippen LogP contribution in [0.3, 0.4) is 0 Å². The van der Waals surface area contributed by atoms with Gasteiger partial charge < -0.3 is 14.5 Å². The summed E-state index contributed by atoms with van der Waals surface area (Å²) in [6.07, 6.45) is 0. The Labute approximate surface area is 178 Å². The second kappa shape index (κ2) is 7.99. The van der Waals surface area contributed by atoms with Crippen molar-refractivity contribution in [1.29, 1.82) is 0 Å². The summed E-state index contributed by atoms with van der Waals surface area (Å²) in [6, 6.07) is 8.20. The lowest BCUT2D eigenvalue weighted by molar-refractivity contribution is -0.145. The Hall–Kier alpha value is -3.46. The van der Waals surface area contributed by atoms with Gasteiger partial charge >= 0.3 is 5.97 Å². The van der Waals surface area contributed by atoms with Crippen LogP contribution in [0.2, 0.25) is 0 Å². The molecule has 0 aliphatic carbocycles. The third kappa shape index (κ3) is 4.09. The van der Waals surface area contributed by atoms with Crippen molar-refractivity contribution in [1.82, 2.24) is 15.2 Å². The number of hydrazine groups is 1. The number of rotatable bonds is 6. The molecule has 1 amide bonds. The highest BCUT2D eigenvalue weighted by Crippen LogP contribution is 2.29. The summed E-state index contributed by atoms with van der Waals surface area (Å²) in [4.78, 5) is 26.1. The molecule has 1 aliphatic rings. The number of amides is 1. The molecule has 0 radical (unpaired) electrons. The SMILES string of the molecule is Cc1cc2onc(C)c2cc1N(CC(=O)O)CC(=O)N(C)N1Cc2ccc(F)cc2C1. The Balaban J connectivity index is 1.55. The van der Waals surface area contributed by atoms with Crippen molar-refractivity contribution in [3.05, 3.63) is 58.5 Å². The lowest BCUT2D eigenvalue weighted by atomic mass is 10.1. The van der Waals surface area contributed by atoms with E-state index in [4.69, 9.17) is 4.52 Å². The van der Waals surface area contributed by atoms with E-state index in [1.165, 1.54) is 22.0 Å². The van der Waals surface area contributed by atoms with Crippen LogP contribution in [0.15, 0.2) is 34.9 Å². The Morgan fingerprint density at radius 2 is 1.90 bits per heavy atom. The molecule has 1 N–H and O–H groups in total. The molecule has 8 nitrogen and oxygen atoms in total. The maximum atomic E-state index is 13.5. The highest BCUT2D eigenvalue weighted by atomic mass is 19.1. The van der Waals surface area contributed by atoms with E-state index < -0.39 is 5.97 Å². The number of halogens is 1. The van der Waals surface area contributed by atoms with E-state index in [0.717, 1.165) is 22.1 Å². The third-order valence-electron chi connectivity index (χ3n) is 5.62. The van der Waals surface area contributed by atoms with Gasteiger partial charge in [-0.05, 0) is 54.8 Å². The number of aromatic nitrogens is 1. The maximum absolute atomic E-state index is 13.5. The van der Waals surface area contributed by atoms with Crippen molar-refractivity contribution >= 4 is 28.5 Å². The van der Waals surface area contributed by atoms with Gasteiger partial charge in [0.2, 0.25) is 0 Å². The summed E-state index contributed by atoms with van der Waals surface area (Å²) in [5.41, 5.74) is 4.52. The molecule has 1 aliphatic heterocycles. The number of likely N-dealkylation sites (N-methyl/N-ethyl adjacent to an activating group) is 1. The van der Waals surface area contributed by atoms with E-state index in [1.807, 2.05) is 11.9 Å². The summed E-state index contributed by atoms with van der Waals surface area (Å²) in [5, 5.41) is 17.4. The molecular weight excluding hydrogens is 403 g/mol. The number of nitrogens with zero attached hydrogens (tertiary/aromatic N) is 4. The predicted octanol–water partition coefficient (Wildman–Crippen LogP) is 2.86. The number of fused-ring (bicyclic) bond motifs is 2. The molecule has 0 fully saturated rings. The smallest absolute Gasteiger partial charge is 0.323 e. The molecule has 9 heteroatoms. The van der Waals surface area contributed by atoms with Crippen molar-refractivity contribution in [2.75, 3.05) is 25.0 Å². The van der Waals surface area contributed by atoms with Crippen LogP contribution in [-0.4, -0.2) is 52.3 Å². The molecule has 1 aromatic heterocycles. The number of carboxylic acids is 1. The molecule has 3 aromatic rings. The molecule has 2 aromatic carbocycles. The van der Waals surface area contributed by atoms with E-state index in [9.17, 15) is 19.1 Å². The van der Waals surface area contributed by atoms with E-state index in [-0.39, 0.29) is 24.8 Å². The minimum atomic E-state index is -1.04. The number of carboxylic acid groups (broad SMARTS) is 1. The summed E-state index contributed by atoms with van der Waals surface area (Å²) in [6.45, 7) is 4.09. The molecule has 0 spiro atoms. The normalized spacial score (nSPS) is 13.4. The van der Waals surface area contributed by atoms with Gasteiger partial charge in [-0.2, -0.15) is 0 Å². The zero-order chi connectivity index (χ0) is 22.3. The Morgan fingerprint density at radius 3 is 2.65 bits per heavy atom.